The molecular weight excluding hydrogens is 294 g/mol. The van der Waals surface area contributed by atoms with Crippen molar-refractivity contribution in [2.24, 2.45) is 0 Å². The van der Waals surface area contributed by atoms with Gasteiger partial charge in [0.2, 0.25) is 0 Å². The van der Waals surface area contributed by atoms with E-state index in [4.69, 9.17) is 21.4 Å². The van der Waals surface area contributed by atoms with Gasteiger partial charge in [0.1, 0.15) is 0 Å². The lowest BCUT2D eigenvalue weighted by molar-refractivity contribution is -0.131. The molecule has 1 saturated heterocycles. The normalized spacial score (nSPS) is 18.0. The van der Waals surface area contributed by atoms with E-state index in [0.29, 0.717) is 22.7 Å². The third-order valence-corrected chi connectivity index (χ3v) is 3.51. The molecule has 6 heteroatoms. The molecule has 2 N–H and O–H groups in total. The standard InChI is InChI=1S/C15H16ClNO4/c16-13-8-11(4-3-10(13)5-6-14(18)19)15(20)17-9-12-2-1-7-21-12/h3-6,8,12H,1-2,7,9H2,(H,17,20)(H,18,19)/b6-5+. The number of nitrogens with one attached hydrogen (secondary N) is 1. The molecule has 1 aliphatic rings. The Balaban J connectivity index is 1.98. The molecule has 1 amide bonds. The summed E-state index contributed by atoms with van der Waals surface area (Å²) in [7, 11) is 0. The van der Waals surface area contributed by atoms with Crippen molar-refractivity contribution in [3.63, 3.8) is 0 Å². The van der Waals surface area contributed by atoms with Gasteiger partial charge < -0.3 is 15.2 Å². The fourth-order valence-electron chi connectivity index (χ4n) is 2.08. The summed E-state index contributed by atoms with van der Waals surface area (Å²) in [5.74, 6) is -1.27. The number of ether oxygens (including phenoxy) is 1. The second-order valence-electron chi connectivity index (χ2n) is 4.75. The highest BCUT2D eigenvalue weighted by Gasteiger charge is 2.16. The van der Waals surface area contributed by atoms with Gasteiger partial charge >= 0.3 is 5.97 Å². The summed E-state index contributed by atoms with van der Waals surface area (Å²) in [5, 5.41) is 11.7. The molecule has 5 nitrogen and oxygen atoms in total. The molecule has 0 aromatic heterocycles. The Bertz CT molecular complexity index is 565. The second kappa shape index (κ2) is 7.24. The van der Waals surface area contributed by atoms with Crippen LogP contribution in [0.1, 0.15) is 28.8 Å². The Hall–Kier alpha value is -1.85. The largest absolute Gasteiger partial charge is 0.478 e. The van der Waals surface area contributed by atoms with Gasteiger partial charge in [0.05, 0.1) is 6.10 Å². The maximum Gasteiger partial charge on any atom is 0.328 e. The molecule has 1 atom stereocenters. The maximum absolute atomic E-state index is 12.0. The zero-order valence-electron chi connectivity index (χ0n) is 11.3. The number of carboxylic acids is 1. The van der Waals surface area contributed by atoms with E-state index < -0.39 is 5.97 Å². The predicted octanol–water partition coefficient (Wildman–Crippen LogP) is 2.35. The summed E-state index contributed by atoms with van der Waals surface area (Å²) in [6.07, 6.45) is 4.45. The van der Waals surface area contributed by atoms with E-state index in [2.05, 4.69) is 5.32 Å². The van der Waals surface area contributed by atoms with Crippen molar-refractivity contribution in [3.05, 3.63) is 40.4 Å². The zero-order valence-corrected chi connectivity index (χ0v) is 12.1. The number of hydrogen-bond donors (Lipinski definition) is 2. The third kappa shape index (κ3) is 4.58. The first-order valence-corrected chi connectivity index (χ1v) is 7.04. The molecule has 0 bridgehead atoms. The summed E-state index contributed by atoms with van der Waals surface area (Å²) in [5.41, 5.74) is 0.986. The van der Waals surface area contributed by atoms with Gasteiger partial charge in [-0.25, -0.2) is 4.79 Å². The van der Waals surface area contributed by atoms with E-state index in [1.165, 1.54) is 12.1 Å². The summed E-state index contributed by atoms with van der Waals surface area (Å²) in [4.78, 5) is 22.5. The smallest absolute Gasteiger partial charge is 0.328 e. The monoisotopic (exact) mass is 309 g/mol. The first-order valence-electron chi connectivity index (χ1n) is 6.66. The fourth-order valence-corrected chi connectivity index (χ4v) is 2.32. The second-order valence-corrected chi connectivity index (χ2v) is 5.16. The van der Waals surface area contributed by atoms with Crippen LogP contribution >= 0.6 is 11.6 Å². The first-order chi connectivity index (χ1) is 10.1. The van der Waals surface area contributed by atoms with Crippen molar-refractivity contribution in [3.8, 4) is 0 Å². The molecule has 1 aliphatic heterocycles. The molecule has 1 heterocycles. The molecule has 1 unspecified atom stereocenters. The number of carboxylic acid groups (broad SMARTS) is 1. The average Bonchev–Trinajstić information content (AvgIpc) is 2.96. The molecule has 2 rings (SSSR count). The van der Waals surface area contributed by atoms with Crippen LogP contribution in [0, 0.1) is 0 Å². The Kier molecular flexibility index (Phi) is 5.36. The van der Waals surface area contributed by atoms with Crippen molar-refractivity contribution in [1.82, 2.24) is 5.32 Å². The van der Waals surface area contributed by atoms with Crippen LogP contribution in [0.2, 0.25) is 5.02 Å². The van der Waals surface area contributed by atoms with Crippen LogP contribution in [0.25, 0.3) is 6.08 Å². The number of amides is 1. The van der Waals surface area contributed by atoms with Crippen molar-refractivity contribution < 1.29 is 19.4 Å². The maximum atomic E-state index is 12.0. The van der Waals surface area contributed by atoms with Crippen LogP contribution in [0.3, 0.4) is 0 Å². The molecule has 1 fully saturated rings. The number of carbonyl (C=O) groups is 2. The van der Waals surface area contributed by atoms with Crippen molar-refractivity contribution in [2.45, 2.75) is 18.9 Å². The lowest BCUT2D eigenvalue weighted by Gasteiger charge is -2.11. The van der Waals surface area contributed by atoms with Crippen molar-refractivity contribution in [2.75, 3.05) is 13.2 Å². The molecule has 21 heavy (non-hydrogen) atoms. The van der Waals surface area contributed by atoms with Crippen LogP contribution in [0.4, 0.5) is 0 Å². The first kappa shape index (κ1) is 15.5. The molecule has 112 valence electrons. The highest BCUT2D eigenvalue weighted by atomic mass is 35.5. The number of hydrogen-bond acceptors (Lipinski definition) is 3. The Labute approximate surface area is 127 Å². The number of rotatable bonds is 5. The lowest BCUT2D eigenvalue weighted by atomic mass is 10.1. The van der Waals surface area contributed by atoms with E-state index in [1.807, 2.05) is 0 Å². The average molecular weight is 310 g/mol. The molecule has 0 saturated carbocycles. The SMILES string of the molecule is O=C(O)/C=C/c1ccc(C(=O)NCC2CCCO2)cc1Cl. The number of benzene rings is 1. The van der Waals surface area contributed by atoms with Gasteiger partial charge in [-0.3, -0.25) is 4.79 Å². The Morgan fingerprint density at radius 3 is 2.90 bits per heavy atom. The van der Waals surface area contributed by atoms with E-state index in [9.17, 15) is 9.59 Å². The number of halogens is 1. The fraction of sp³-hybridized carbons (Fsp3) is 0.333. The molecule has 1 aromatic rings. The highest BCUT2D eigenvalue weighted by Crippen LogP contribution is 2.19. The molecule has 0 radical (unpaired) electrons. The van der Waals surface area contributed by atoms with E-state index in [1.54, 1.807) is 12.1 Å². The third-order valence-electron chi connectivity index (χ3n) is 3.18. The minimum absolute atomic E-state index is 0.0854. The van der Waals surface area contributed by atoms with E-state index in [-0.39, 0.29) is 12.0 Å². The highest BCUT2D eigenvalue weighted by molar-refractivity contribution is 6.32. The van der Waals surface area contributed by atoms with Gasteiger partial charge in [0, 0.05) is 29.8 Å². The molecular formula is C15H16ClNO4. The molecule has 1 aromatic carbocycles. The van der Waals surface area contributed by atoms with Gasteiger partial charge in [-0.05, 0) is 36.6 Å². The summed E-state index contributed by atoms with van der Waals surface area (Å²) in [6.45, 7) is 1.23. The Morgan fingerprint density at radius 1 is 1.48 bits per heavy atom. The van der Waals surface area contributed by atoms with Crippen LogP contribution in [0.15, 0.2) is 24.3 Å². The van der Waals surface area contributed by atoms with Gasteiger partial charge in [-0.1, -0.05) is 17.7 Å². The summed E-state index contributed by atoms with van der Waals surface area (Å²) < 4.78 is 5.43. The van der Waals surface area contributed by atoms with Gasteiger partial charge in [0.15, 0.2) is 0 Å². The minimum Gasteiger partial charge on any atom is -0.478 e. The number of carbonyl (C=O) groups excluding carboxylic acids is 1. The quantitative estimate of drug-likeness (QED) is 0.819. The van der Waals surface area contributed by atoms with Crippen LogP contribution in [-0.2, 0) is 9.53 Å². The summed E-state index contributed by atoms with van der Waals surface area (Å²) >= 11 is 6.04. The van der Waals surface area contributed by atoms with Crippen molar-refractivity contribution in [1.29, 1.82) is 0 Å². The van der Waals surface area contributed by atoms with E-state index in [0.717, 1.165) is 25.5 Å². The number of aliphatic carboxylic acids is 1. The lowest BCUT2D eigenvalue weighted by Crippen LogP contribution is -2.31. The van der Waals surface area contributed by atoms with Crippen LogP contribution in [-0.4, -0.2) is 36.2 Å². The molecule has 0 spiro atoms. The Morgan fingerprint density at radius 2 is 2.29 bits per heavy atom. The topological polar surface area (TPSA) is 75.6 Å². The minimum atomic E-state index is -1.05. The summed E-state index contributed by atoms with van der Waals surface area (Å²) in [6, 6.07) is 4.74. The van der Waals surface area contributed by atoms with E-state index >= 15 is 0 Å². The predicted molar refractivity (Wildman–Crippen MR) is 79.4 cm³/mol. The van der Waals surface area contributed by atoms with Gasteiger partial charge in [-0.15, -0.1) is 0 Å². The van der Waals surface area contributed by atoms with Crippen molar-refractivity contribution >= 4 is 29.6 Å². The van der Waals surface area contributed by atoms with Gasteiger partial charge in [-0.2, -0.15) is 0 Å². The van der Waals surface area contributed by atoms with Gasteiger partial charge in [0.25, 0.3) is 5.91 Å². The van der Waals surface area contributed by atoms with Crippen LogP contribution in [0.5, 0.6) is 0 Å². The van der Waals surface area contributed by atoms with Crippen LogP contribution < -0.4 is 5.32 Å². The zero-order chi connectivity index (χ0) is 15.2. The molecule has 0 aliphatic carbocycles.